The summed E-state index contributed by atoms with van der Waals surface area (Å²) in [5.74, 6) is -1.01. The van der Waals surface area contributed by atoms with Gasteiger partial charge in [0.2, 0.25) is 0 Å². The Kier molecular flexibility index (Phi) is 5.59. The van der Waals surface area contributed by atoms with Gasteiger partial charge in [-0.2, -0.15) is 0 Å². The molecule has 1 atom stereocenters. The Bertz CT molecular complexity index is 1060. The predicted molar refractivity (Wildman–Crippen MR) is 117 cm³/mol. The van der Waals surface area contributed by atoms with Crippen molar-refractivity contribution in [1.82, 2.24) is 5.32 Å². The molecule has 2 N–H and O–H groups in total. The van der Waals surface area contributed by atoms with Crippen molar-refractivity contribution in [2.24, 2.45) is 0 Å². The van der Waals surface area contributed by atoms with E-state index in [2.05, 4.69) is 29.6 Å². The quantitative estimate of drug-likeness (QED) is 0.557. The highest BCUT2D eigenvalue weighted by Crippen LogP contribution is 2.44. The molecule has 1 aliphatic rings. The number of rotatable bonds is 6. The molecule has 1 aromatic heterocycles. The number of ether oxygens (including phenoxy) is 1. The van der Waals surface area contributed by atoms with Gasteiger partial charge in [-0.25, -0.2) is 4.79 Å². The van der Waals surface area contributed by atoms with Crippen LogP contribution in [0.2, 0.25) is 0 Å². The second-order valence-electron chi connectivity index (χ2n) is 7.49. The van der Waals surface area contributed by atoms with Crippen LogP contribution in [0, 0.1) is 13.8 Å². The molecule has 1 amide bonds. The number of aryl methyl sites for hydroxylation is 2. The topological polar surface area (TPSA) is 75.6 Å². The van der Waals surface area contributed by atoms with Crippen LogP contribution in [0.15, 0.2) is 54.6 Å². The molecule has 0 saturated carbocycles. The second kappa shape index (κ2) is 8.32. The first-order valence-electron chi connectivity index (χ1n) is 9.84. The molecule has 2 aromatic carbocycles. The molecule has 30 heavy (non-hydrogen) atoms. The fourth-order valence-corrected chi connectivity index (χ4v) is 5.18. The molecule has 0 bridgehead atoms. The normalized spacial score (nSPS) is 13.4. The summed E-state index contributed by atoms with van der Waals surface area (Å²) in [6.07, 6.45) is -0.798. The zero-order valence-corrected chi connectivity index (χ0v) is 17.7. The minimum Gasteiger partial charge on any atom is -0.481 e. The lowest BCUT2D eigenvalue weighted by Gasteiger charge is -2.19. The molecule has 0 fully saturated rings. The van der Waals surface area contributed by atoms with E-state index >= 15 is 0 Å². The van der Waals surface area contributed by atoms with Gasteiger partial charge < -0.3 is 15.2 Å². The summed E-state index contributed by atoms with van der Waals surface area (Å²) in [6.45, 7) is 4.09. The molecule has 0 radical (unpaired) electrons. The number of nitrogens with one attached hydrogen (secondary N) is 1. The van der Waals surface area contributed by atoms with Gasteiger partial charge in [0.25, 0.3) is 0 Å². The molecule has 1 aliphatic carbocycles. The third kappa shape index (κ3) is 3.96. The third-order valence-electron chi connectivity index (χ3n) is 5.47. The van der Waals surface area contributed by atoms with Gasteiger partial charge in [0.1, 0.15) is 6.61 Å². The molecule has 5 nitrogen and oxygen atoms in total. The number of hydrogen-bond donors (Lipinski definition) is 2. The monoisotopic (exact) mass is 421 g/mol. The molecule has 154 valence electrons. The average Bonchev–Trinajstić information content (AvgIpc) is 3.22. The number of thiophene rings is 1. The smallest absolute Gasteiger partial charge is 0.407 e. The van der Waals surface area contributed by atoms with Crippen LogP contribution in [-0.2, 0) is 9.53 Å². The summed E-state index contributed by atoms with van der Waals surface area (Å²) in [5.41, 5.74) is 5.43. The minimum absolute atomic E-state index is 0.0359. The number of carbonyl (C=O) groups is 2. The number of carboxylic acids is 1. The fourth-order valence-electron chi connectivity index (χ4n) is 4.19. The Morgan fingerprint density at radius 1 is 1.07 bits per heavy atom. The highest BCUT2D eigenvalue weighted by Gasteiger charge is 2.29. The Morgan fingerprint density at radius 3 is 2.20 bits per heavy atom. The molecule has 6 heteroatoms. The van der Waals surface area contributed by atoms with Gasteiger partial charge in [0, 0.05) is 15.7 Å². The molecule has 0 spiro atoms. The highest BCUT2D eigenvalue weighted by atomic mass is 32.1. The number of carboxylic acid groups (broad SMARTS) is 1. The first kappa shape index (κ1) is 20.2. The maximum atomic E-state index is 12.6. The van der Waals surface area contributed by atoms with E-state index in [-0.39, 0.29) is 18.9 Å². The molecule has 4 rings (SSSR count). The van der Waals surface area contributed by atoms with Crippen molar-refractivity contribution in [2.75, 3.05) is 6.61 Å². The lowest BCUT2D eigenvalue weighted by molar-refractivity contribution is -0.137. The van der Waals surface area contributed by atoms with Crippen LogP contribution in [0.3, 0.4) is 0 Å². The van der Waals surface area contributed by atoms with Gasteiger partial charge in [-0.05, 0) is 47.7 Å². The largest absolute Gasteiger partial charge is 0.481 e. The average molecular weight is 422 g/mol. The number of benzene rings is 2. The van der Waals surface area contributed by atoms with Crippen molar-refractivity contribution >= 4 is 23.4 Å². The Balaban J connectivity index is 1.49. The van der Waals surface area contributed by atoms with E-state index in [1.54, 1.807) is 11.3 Å². The summed E-state index contributed by atoms with van der Waals surface area (Å²) in [4.78, 5) is 26.0. The summed E-state index contributed by atoms with van der Waals surface area (Å²) in [6, 6.07) is 17.6. The third-order valence-corrected chi connectivity index (χ3v) is 6.45. The zero-order chi connectivity index (χ0) is 21.3. The van der Waals surface area contributed by atoms with Crippen LogP contribution < -0.4 is 5.32 Å². The van der Waals surface area contributed by atoms with E-state index in [1.807, 2.05) is 44.2 Å². The standard InChI is InChI=1S/C24H23NO4S/c1-14-11-20(15(2)30-14)22(12-23(26)27)25-24(28)29-13-21-18-9-5-3-7-16(18)17-8-4-6-10-19(17)21/h3-11,21-22H,12-13H2,1-2H3,(H,25,28)(H,26,27)/t22-/m0/s1. The number of alkyl carbamates (subject to hydrolysis) is 1. The maximum Gasteiger partial charge on any atom is 0.407 e. The van der Waals surface area contributed by atoms with Crippen molar-refractivity contribution in [1.29, 1.82) is 0 Å². The van der Waals surface area contributed by atoms with E-state index < -0.39 is 18.1 Å². The fraction of sp³-hybridized carbons (Fsp3) is 0.250. The molecule has 1 heterocycles. The van der Waals surface area contributed by atoms with Gasteiger partial charge in [-0.1, -0.05) is 48.5 Å². The van der Waals surface area contributed by atoms with Crippen LogP contribution in [0.4, 0.5) is 4.79 Å². The lowest BCUT2D eigenvalue weighted by Crippen LogP contribution is -2.31. The SMILES string of the molecule is Cc1cc([C@H](CC(=O)O)NC(=O)OCC2c3ccccc3-c3ccccc32)c(C)s1. The van der Waals surface area contributed by atoms with Crippen LogP contribution in [0.1, 0.15) is 44.8 Å². The Hall–Kier alpha value is -3.12. The summed E-state index contributed by atoms with van der Waals surface area (Å²) in [5, 5.41) is 12.0. The van der Waals surface area contributed by atoms with Gasteiger partial charge >= 0.3 is 12.1 Å². The zero-order valence-electron chi connectivity index (χ0n) is 16.8. The van der Waals surface area contributed by atoms with Crippen LogP contribution in [0.5, 0.6) is 0 Å². The van der Waals surface area contributed by atoms with Gasteiger partial charge in [-0.3, -0.25) is 4.79 Å². The van der Waals surface area contributed by atoms with Crippen LogP contribution in [0.25, 0.3) is 11.1 Å². The van der Waals surface area contributed by atoms with Crippen molar-refractivity contribution in [3.05, 3.63) is 81.0 Å². The number of hydrogen-bond acceptors (Lipinski definition) is 4. The first-order chi connectivity index (χ1) is 14.4. The van der Waals surface area contributed by atoms with Crippen molar-refractivity contribution in [3.63, 3.8) is 0 Å². The number of carbonyl (C=O) groups excluding carboxylic acids is 1. The molecule has 0 aliphatic heterocycles. The number of amides is 1. The maximum absolute atomic E-state index is 12.6. The van der Waals surface area contributed by atoms with E-state index in [9.17, 15) is 14.7 Å². The van der Waals surface area contributed by atoms with Crippen molar-refractivity contribution in [2.45, 2.75) is 32.2 Å². The van der Waals surface area contributed by atoms with Crippen molar-refractivity contribution < 1.29 is 19.4 Å². The second-order valence-corrected chi connectivity index (χ2v) is 8.95. The van der Waals surface area contributed by atoms with E-state index in [0.29, 0.717) is 0 Å². The van der Waals surface area contributed by atoms with Crippen molar-refractivity contribution in [3.8, 4) is 11.1 Å². The van der Waals surface area contributed by atoms with Gasteiger partial charge in [0.05, 0.1) is 12.5 Å². The Labute approximate surface area is 179 Å². The van der Waals surface area contributed by atoms with Gasteiger partial charge in [0.15, 0.2) is 0 Å². The molecular weight excluding hydrogens is 398 g/mol. The van der Waals surface area contributed by atoms with E-state index in [4.69, 9.17) is 4.74 Å². The van der Waals surface area contributed by atoms with Crippen LogP contribution in [-0.4, -0.2) is 23.8 Å². The predicted octanol–water partition coefficient (Wildman–Crippen LogP) is 5.42. The number of aliphatic carboxylic acids is 1. The molecule has 0 unspecified atom stereocenters. The Morgan fingerprint density at radius 2 is 1.67 bits per heavy atom. The van der Waals surface area contributed by atoms with E-state index in [0.717, 1.165) is 37.6 Å². The minimum atomic E-state index is -0.970. The first-order valence-corrected chi connectivity index (χ1v) is 10.7. The summed E-state index contributed by atoms with van der Waals surface area (Å²) < 4.78 is 5.58. The molecular formula is C24H23NO4S. The summed E-state index contributed by atoms with van der Waals surface area (Å²) >= 11 is 1.58. The molecule has 3 aromatic rings. The number of fused-ring (bicyclic) bond motifs is 3. The lowest BCUT2D eigenvalue weighted by atomic mass is 9.98. The van der Waals surface area contributed by atoms with Gasteiger partial charge in [-0.15, -0.1) is 11.3 Å². The molecule has 0 saturated heterocycles. The summed E-state index contributed by atoms with van der Waals surface area (Å²) in [7, 11) is 0. The highest BCUT2D eigenvalue weighted by molar-refractivity contribution is 7.12. The van der Waals surface area contributed by atoms with E-state index in [1.165, 1.54) is 0 Å². The van der Waals surface area contributed by atoms with Crippen LogP contribution >= 0.6 is 11.3 Å².